The predicted molar refractivity (Wildman–Crippen MR) is 309 cm³/mol. The van der Waals surface area contributed by atoms with Gasteiger partial charge in [0.05, 0.1) is 0 Å². The summed E-state index contributed by atoms with van der Waals surface area (Å²) in [4.78, 5) is 101. The van der Waals surface area contributed by atoms with Gasteiger partial charge in [-0.3, -0.25) is 28.8 Å². The van der Waals surface area contributed by atoms with Crippen LogP contribution in [0.2, 0.25) is 0 Å². The third-order valence-corrected chi connectivity index (χ3v) is 14.8. The van der Waals surface area contributed by atoms with Gasteiger partial charge >= 0.3 is 0 Å². The van der Waals surface area contributed by atoms with E-state index in [0.29, 0.717) is 66.8 Å². The monoisotopic (exact) mass is 1050 g/mol. The minimum atomic E-state index is -0.279. The van der Waals surface area contributed by atoms with Crippen LogP contribution in [0.3, 0.4) is 0 Å². The van der Waals surface area contributed by atoms with E-state index in [1.54, 1.807) is 65.8 Å². The van der Waals surface area contributed by atoms with Crippen LogP contribution in [-0.2, 0) is 39.3 Å². The van der Waals surface area contributed by atoms with Crippen LogP contribution < -0.4 is 0 Å². The van der Waals surface area contributed by atoms with Crippen LogP contribution in [0.1, 0.15) is 179 Å². The van der Waals surface area contributed by atoms with Gasteiger partial charge in [0.15, 0.2) is 0 Å². The molecule has 0 radical (unpaired) electrons. The SMILES string of the molecule is CC(C)N1Cc2ccccc2C(=O)N(C(C)C)Cc2ccccc2C(=O)N(C(C)C)Cc2ccccc2C(=O)N(C(C)C)Cc2ccccc2C(=O)N(C(C)C)Cc2ccccc2C(=O)N(C(C)C)Cc2ccccc2C1=O. The van der Waals surface area contributed by atoms with Crippen molar-refractivity contribution in [2.45, 2.75) is 159 Å². The van der Waals surface area contributed by atoms with Crippen LogP contribution in [0.4, 0.5) is 0 Å². The van der Waals surface area contributed by atoms with Crippen molar-refractivity contribution in [2.24, 2.45) is 0 Å². The highest BCUT2D eigenvalue weighted by Crippen LogP contribution is 2.29. The summed E-state index contributed by atoms with van der Waals surface area (Å²) in [7, 11) is 0. The molecular formula is C66H78N6O6. The molecular weight excluding hydrogens is 973 g/mol. The zero-order chi connectivity index (χ0) is 56.5. The number of hydrogen-bond acceptors (Lipinski definition) is 6. The van der Waals surface area contributed by atoms with Gasteiger partial charge in [0.1, 0.15) is 0 Å². The number of carbonyl (C=O) groups excluding carboxylic acids is 6. The Hall–Kier alpha value is -7.86. The number of hydrogen-bond donors (Lipinski definition) is 0. The third kappa shape index (κ3) is 12.9. The summed E-state index contributed by atoms with van der Waals surface area (Å²) >= 11 is 0. The third-order valence-electron chi connectivity index (χ3n) is 14.8. The van der Waals surface area contributed by atoms with Crippen molar-refractivity contribution < 1.29 is 28.8 Å². The van der Waals surface area contributed by atoms with E-state index in [0.717, 1.165) is 0 Å². The summed E-state index contributed by atoms with van der Waals surface area (Å²) < 4.78 is 0. The van der Waals surface area contributed by atoms with E-state index in [-0.39, 0.29) is 111 Å². The summed E-state index contributed by atoms with van der Waals surface area (Å²) in [6, 6.07) is 42.6. The van der Waals surface area contributed by atoms with Crippen molar-refractivity contribution in [3.05, 3.63) is 212 Å². The maximum atomic E-state index is 15.1. The Kier molecular flexibility index (Phi) is 18.9. The Morgan fingerprint density at radius 3 is 0.449 bits per heavy atom. The molecule has 6 amide bonds. The molecule has 0 saturated heterocycles. The van der Waals surface area contributed by atoms with Gasteiger partial charge in [-0.05, 0) is 153 Å². The smallest absolute Gasteiger partial charge is 0.254 e. The molecule has 408 valence electrons. The van der Waals surface area contributed by atoms with Crippen molar-refractivity contribution >= 4 is 35.4 Å². The van der Waals surface area contributed by atoms with Gasteiger partial charge in [-0.25, -0.2) is 0 Å². The number of nitrogens with zero attached hydrogens (tertiary/aromatic N) is 6. The van der Waals surface area contributed by atoms with E-state index < -0.39 is 0 Å². The maximum Gasteiger partial charge on any atom is 0.254 e. The first-order chi connectivity index (χ1) is 37.2. The lowest BCUT2D eigenvalue weighted by Crippen LogP contribution is -2.42. The molecule has 6 aromatic carbocycles. The van der Waals surface area contributed by atoms with E-state index in [9.17, 15) is 0 Å². The van der Waals surface area contributed by atoms with Crippen molar-refractivity contribution in [3.8, 4) is 0 Å². The van der Waals surface area contributed by atoms with E-state index in [1.807, 2.05) is 192 Å². The molecule has 0 saturated carbocycles. The topological polar surface area (TPSA) is 122 Å². The van der Waals surface area contributed by atoms with E-state index >= 15 is 28.8 Å². The predicted octanol–water partition coefficient (Wildman–Crippen LogP) is 12.3. The van der Waals surface area contributed by atoms with Crippen molar-refractivity contribution in [2.75, 3.05) is 0 Å². The standard InChI is InChI=1S/C66H78N6O6/c1-43(2)67-37-49-25-13-20-32-56(49)62(74)69(45(5)6)39-51-27-15-22-34-58(51)64(76)71(47(9)10)41-53-29-17-24-36-60(53)66(78)72(48(11)12)42-54-30-18-23-35-59(54)65(77)70(46(7)8)40-52-28-16-21-33-57(52)63(75)68(44(3)4)38-50-26-14-19-31-55(50)61(67)73/h13-36,43-48H,37-42H2,1-12H3. The van der Waals surface area contributed by atoms with E-state index in [1.165, 1.54) is 0 Å². The number of fused-ring (bicyclic) bond motifs is 6. The van der Waals surface area contributed by atoms with Crippen LogP contribution in [0.5, 0.6) is 0 Å². The second-order valence-electron chi connectivity index (χ2n) is 22.1. The molecule has 0 aromatic heterocycles. The Bertz CT molecular complexity index is 2600. The largest absolute Gasteiger partial charge is 0.332 e. The first kappa shape index (κ1) is 57.8. The van der Waals surface area contributed by atoms with Crippen molar-refractivity contribution in [1.82, 2.24) is 29.4 Å². The van der Waals surface area contributed by atoms with E-state index in [2.05, 4.69) is 0 Å². The molecule has 12 heteroatoms. The zero-order valence-electron chi connectivity index (χ0n) is 47.7. The minimum Gasteiger partial charge on any atom is -0.332 e. The van der Waals surface area contributed by atoms with Gasteiger partial charge in [0.2, 0.25) is 0 Å². The highest BCUT2D eigenvalue weighted by Gasteiger charge is 2.33. The van der Waals surface area contributed by atoms with Gasteiger partial charge in [-0.1, -0.05) is 109 Å². The fourth-order valence-electron chi connectivity index (χ4n) is 10.2. The van der Waals surface area contributed by atoms with Gasteiger partial charge in [-0.15, -0.1) is 0 Å². The number of benzene rings is 6. The Labute approximate surface area is 462 Å². The molecule has 0 N–H and O–H groups in total. The Morgan fingerprint density at radius 1 is 0.218 bits per heavy atom. The zero-order valence-corrected chi connectivity index (χ0v) is 47.7. The van der Waals surface area contributed by atoms with Gasteiger partial charge < -0.3 is 29.4 Å². The van der Waals surface area contributed by atoms with E-state index in [4.69, 9.17) is 0 Å². The Balaban J connectivity index is 1.38. The van der Waals surface area contributed by atoms with Gasteiger partial charge in [-0.2, -0.15) is 0 Å². The summed E-state index contributed by atoms with van der Waals surface area (Å²) in [5, 5.41) is 0. The molecule has 1 aliphatic heterocycles. The molecule has 0 aliphatic carbocycles. The second kappa shape index (κ2) is 25.5. The number of amides is 6. The average molecular weight is 1050 g/mol. The van der Waals surface area contributed by atoms with Crippen LogP contribution in [0.15, 0.2) is 146 Å². The van der Waals surface area contributed by atoms with Crippen LogP contribution in [-0.4, -0.2) is 101 Å². The molecule has 1 aliphatic rings. The lowest BCUT2D eigenvalue weighted by molar-refractivity contribution is 0.0638. The minimum absolute atomic E-state index is 0.131. The summed E-state index contributed by atoms with van der Waals surface area (Å²) in [5.41, 5.74) is 6.66. The maximum absolute atomic E-state index is 15.1. The molecule has 0 fully saturated rings. The van der Waals surface area contributed by atoms with Gasteiger partial charge in [0.25, 0.3) is 35.4 Å². The average Bonchev–Trinajstić information content (AvgIpc) is 3.46. The van der Waals surface area contributed by atoms with Crippen LogP contribution >= 0.6 is 0 Å². The molecule has 0 atom stereocenters. The van der Waals surface area contributed by atoms with Crippen LogP contribution in [0, 0.1) is 0 Å². The molecule has 0 spiro atoms. The molecule has 1 heterocycles. The first-order valence-corrected chi connectivity index (χ1v) is 27.5. The fraction of sp³-hybridized carbons (Fsp3) is 0.364. The molecule has 0 unspecified atom stereocenters. The number of rotatable bonds is 6. The highest BCUT2D eigenvalue weighted by atomic mass is 16.2. The summed E-state index contributed by atoms with van der Waals surface area (Å²) in [6.07, 6.45) is 0. The lowest BCUT2D eigenvalue weighted by atomic mass is 9.99. The van der Waals surface area contributed by atoms with Gasteiger partial charge in [0, 0.05) is 109 Å². The van der Waals surface area contributed by atoms with Crippen molar-refractivity contribution in [3.63, 3.8) is 0 Å². The molecule has 0 bridgehead atoms. The molecule has 78 heavy (non-hydrogen) atoms. The lowest BCUT2D eigenvalue weighted by Gasteiger charge is -2.33. The number of carbonyl (C=O) groups is 6. The molecule has 7 rings (SSSR count). The van der Waals surface area contributed by atoms with Crippen LogP contribution in [0.25, 0.3) is 0 Å². The fourth-order valence-corrected chi connectivity index (χ4v) is 10.2. The molecule has 6 aromatic rings. The second-order valence-corrected chi connectivity index (χ2v) is 22.1. The first-order valence-electron chi connectivity index (χ1n) is 27.5. The summed E-state index contributed by atoms with van der Waals surface area (Å²) in [5.74, 6) is -1.43. The Morgan fingerprint density at radius 2 is 0.333 bits per heavy atom. The normalized spacial score (nSPS) is 15.3. The quantitative estimate of drug-likeness (QED) is 0.164. The summed E-state index contributed by atoms with van der Waals surface area (Å²) in [6.45, 7) is 24.2. The highest BCUT2D eigenvalue weighted by molar-refractivity contribution is 6.01. The molecule has 12 nitrogen and oxygen atoms in total. The van der Waals surface area contributed by atoms with Crippen molar-refractivity contribution in [1.29, 1.82) is 0 Å².